The van der Waals surface area contributed by atoms with Gasteiger partial charge in [0.25, 0.3) is 0 Å². The minimum Gasteiger partial charge on any atom is -0.497 e. The van der Waals surface area contributed by atoms with E-state index in [2.05, 4.69) is 21.8 Å². The van der Waals surface area contributed by atoms with Crippen molar-refractivity contribution in [3.63, 3.8) is 0 Å². The number of nitrogens with zero attached hydrogens (tertiary/aromatic N) is 1. The molecule has 1 heterocycles. The van der Waals surface area contributed by atoms with Gasteiger partial charge in [0.05, 0.1) is 12.4 Å². The molecule has 6 heteroatoms. The van der Waals surface area contributed by atoms with Crippen molar-refractivity contribution in [2.75, 3.05) is 26.7 Å². The van der Waals surface area contributed by atoms with Gasteiger partial charge in [0.15, 0.2) is 0 Å². The molecule has 0 bridgehead atoms. The van der Waals surface area contributed by atoms with E-state index < -0.39 is 10.0 Å². The monoisotopic (exact) mass is 340 g/mol. The van der Waals surface area contributed by atoms with E-state index in [0.717, 1.165) is 38.2 Å². The van der Waals surface area contributed by atoms with Crippen LogP contribution in [0.3, 0.4) is 0 Å². The second-order valence-electron chi connectivity index (χ2n) is 6.54. The lowest BCUT2D eigenvalue weighted by atomic mass is 9.98. The second-order valence-corrected chi connectivity index (χ2v) is 8.86. The fourth-order valence-corrected chi connectivity index (χ4v) is 3.69. The molecule has 0 amide bonds. The largest absolute Gasteiger partial charge is 0.497 e. The maximum Gasteiger partial charge on any atom is 0.213 e. The third-order valence-corrected chi connectivity index (χ3v) is 6.15. The van der Waals surface area contributed by atoms with Crippen LogP contribution in [0.25, 0.3) is 0 Å². The quantitative estimate of drug-likeness (QED) is 0.827. The zero-order valence-corrected chi connectivity index (χ0v) is 15.1. The van der Waals surface area contributed by atoms with Gasteiger partial charge in [0, 0.05) is 19.6 Å². The molecule has 1 aromatic carbocycles. The molecule has 0 unspecified atom stereocenters. The van der Waals surface area contributed by atoms with Gasteiger partial charge in [-0.3, -0.25) is 4.90 Å². The van der Waals surface area contributed by atoms with E-state index in [1.807, 2.05) is 12.1 Å². The van der Waals surface area contributed by atoms with Crippen molar-refractivity contribution in [3.05, 3.63) is 29.8 Å². The molecule has 1 saturated heterocycles. The van der Waals surface area contributed by atoms with Crippen LogP contribution in [-0.4, -0.2) is 45.3 Å². The Bertz CT molecular complexity index is 602. The number of piperidine rings is 1. The molecular weight excluding hydrogens is 312 g/mol. The van der Waals surface area contributed by atoms with Crippen LogP contribution in [0.1, 0.15) is 32.3 Å². The molecular formula is C17H28N2O3S. The van der Waals surface area contributed by atoms with Crippen LogP contribution >= 0.6 is 0 Å². The first-order valence-corrected chi connectivity index (χ1v) is 9.79. The van der Waals surface area contributed by atoms with Gasteiger partial charge in [0.2, 0.25) is 10.0 Å². The highest BCUT2D eigenvalue weighted by Crippen LogP contribution is 2.20. The zero-order chi connectivity index (χ0) is 16.9. The Balaban J connectivity index is 1.88. The van der Waals surface area contributed by atoms with Crippen molar-refractivity contribution in [1.82, 2.24) is 9.62 Å². The molecule has 0 spiro atoms. The Hall–Kier alpha value is -1.11. The van der Waals surface area contributed by atoms with Gasteiger partial charge < -0.3 is 4.74 Å². The molecule has 0 radical (unpaired) electrons. The van der Waals surface area contributed by atoms with E-state index in [0.29, 0.717) is 12.5 Å². The summed E-state index contributed by atoms with van der Waals surface area (Å²) in [4.78, 5) is 2.40. The predicted molar refractivity (Wildman–Crippen MR) is 93.1 cm³/mol. The molecule has 2 rings (SSSR count). The van der Waals surface area contributed by atoms with E-state index in [1.54, 1.807) is 21.0 Å². The van der Waals surface area contributed by atoms with E-state index >= 15 is 0 Å². The summed E-state index contributed by atoms with van der Waals surface area (Å²) in [7, 11) is -1.49. The molecule has 23 heavy (non-hydrogen) atoms. The lowest BCUT2D eigenvalue weighted by Gasteiger charge is -2.33. The van der Waals surface area contributed by atoms with Crippen LogP contribution in [0.4, 0.5) is 0 Å². The fourth-order valence-electron chi connectivity index (χ4n) is 2.89. The summed E-state index contributed by atoms with van der Waals surface area (Å²) in [6.45, 7) is 6.82. The van der Waals surface area contributed by atoms with E-state index in [-0.39, 0.29) is 5.25 Å². The summed E-state index contributed by atoms with van der Waals surface area (Å²) in [6.07, 6.45) is 2.19. The molecule has 5 nitrogen and oxygen atoms in total. The average Bonchev–Trinajstić information content (AvgIpc) is 2.53. The maximum absolute atomic E-state index is 11.9. The van der Waals surface area contributed by atoms with Crippen molar-refractivity contribution in [2.45, 2.75) is 38.5 Å². The van der Waals surface area contributed by atoms with E-state index in [4.69, 9.17) is 4.74 Å². The van der Waals surface area contributed by atoms with Crippen LogP contribution in [0, 0.1) is 5.92 Å². The van der Waals surface area contributed by atoms with Crippen LogP contribution < -0.4 is 9.46 Å². The number of hydrogen-bond acceptors (Lipinski definition) is 4. The van der Waals surface area contributed by atoms with Gasteiger partial charge in [0.1, 0.15) is 5.75 Å². The molecule has 1 aromatic rings. The highest BCUT2D eigenvalue weighted by molar-refractivity contribution is 7.90. The Morgan fingerprint density at radius 2 is 2.17 bits per heavy atom. The smallest absolute Gasteiger partial charge is 0.213 e. The first-order valence-electron chi connectivity index (χ1n) is 8.24. The summed E-state index contributed by atoms with van der Waals surface area (Å²) in [5.74, 6) is 1.25. The number of methoxy groups -OCH3 is 1. The molecule has 1 fully saturated rings. The maximum atomic E-state index is 11.9. The SMILES string of the molecule is COc1cccc(CN2CCC[C@H](CNS(=O)(=O)C(C)C)C2)c1. The Kier molecular flexibility index (Phi) is 6.44. The number of rotatable bonds is 7. The standard InChI is InChI=1S/C17H28N2O3S/c1-14(2)23(20,21)18-11-16-7-5-9-19(13-16)12-15-6-4-8-17(10-15)22-3/h4,6,8,10,14,16,18H,5,7,9,11-13H2,1-3H3/t16-/m1/s1. The van der Waals surface area contributed by atoms with Gasteiger partial charge in [-0.25, -0.2) is 13.1 Å². The third-order valence-electron chi connectivity index (χ3n) is 4.34. The van der Waals surface area contributed by atoms with Gasteiger partial charge in [-0.05, 0) is 56.8 Å². The molecule has 0 saturated carbocycles. The molecule has 1 atom stereocenters. The van der Waals surface area contributed by atoms with Crippen LogP contribution in [0.5, 0.6) is 5.75 Å². The molecule has 1 aliphatic rings. The number of benzene rings is 1. The lowest BCUT2D eigenvalue weighted by molar-refractivity contribution is 0.168. The van der Waals surface area contributed by atoms with Crippen molar-refractivity contribution < 1.29 is 13.2 Å². The average molecular weight is 340 g/mol. The van der Waals surface area contributed by atoms with Crippen LogP contribution in [0.2, 0.25) is 0 Å². The molecule has 1 aliphatic heterocycles. The Morgan fingerprint density at radius 3 is 2.87 bits per heavy atom. The normalized spacial score (nSPS) is 19.9. The van der Waals surface area contributed by atoms with Crippen molar-refractivity contribution in [3.8, 4) is 5.75 Å². The first-order chi connectivity index (χ1) is 10.9. The number of ether oxygens (including phenoxy) is 1. The van der Waals surface area contributed by atoms with Gasteiger partial charge in [-0.15, -0.1) is 0 Å². The summed E-state index contributed by atoms with van der Waals surface area (Å²) < 4.78 is 31.8. The van der Waals surface area contributed by atoms with E-state index in [9.17, 15) is 8.42 Å². The van der Waals surface area contributed by atoms with Crippen molar-refractivity contribution >= 4 is 10.0 Å². The Labute approximate surface area is 140 Å². The molecule has 0 aromatic heterocycles. The zero-order valence-electron chi connectivity index (χ0n) is 14.3. The third kappa shape index (κ3) is 5.48. The Morgan fingerprint density at radius 1 is 1.39 bits per heavy atom. The minimum atomic E-state index is -3.17. The number of sulfonamides is 1. The highest BCUT2D eigenvalue weighted by Gasteiger charge is 2.23. The summed E-state index contributed by atoms with van der Waals surface area (Å²) >= 11 is 0. The van der Waals surface area contributed by atoms with Crippen molar-refractivity contribution in [1.29, 1.82) is 0 Å². The van der Waals surface area contributed by atoms with Crippen molar-refractivity contribution in [2.24, 2.45) is 5.92 Å². The fraction of sp³-hybridized carbons (Fsp3) is 0.647. The molecule has 1 N–H and O–H groups in total. The van der Waals surface area contributed by atoms with Gasteiger partial charge in [-0.2, -0.15) is 0 Å². The van der Waals surface area contributed by atoms with Crippen LogP contribution in [0.15, 0.2) is 24.3 Å². The highest BCUT2D eigenvalue weighted by atomic mass is 32.2. The topological polar surface area (TPSA) is 58.6 Å². The number of hydrogen-bond donors (Lipinski definition) is 1. The molecule has 130 valence electrons. The van der Waals surface area contributed by atoms with Gasteiger partial charge >= 0.3 is 0 Å². The molecule has 0 aliphatic carbocycles. The minimum absolute atomic E-state index is 0.376. The number of nitrogens with one attached hydrogen (secondary N) is 1. The second kappa shape index (κ2) is 8.13. The summed E-state index contributed by atoms with van der Waals surface area (Å²) in [6, 6.07) is 8.12. The number of likely N-dealkylation sites (tertiary alicyclic amines) is 1. The summed E-state index contributed by atoms with van der Waals surface area (Å²) in [5, 5.41) is -0.376. The first kappa shape index (κ1) is 18.2. The van der Waals surface area contributed by atoms with Crippen LogP contribution in [-0.2, 0) is 16.6 Å². The van der Waals surface area contributed by atoms with E-state index in [1.165, 1.54) is 5.56 Å². The van der Waals surface area contributed by atoms with Gasteiger partial charge in [-0.1, -0.05) is 12.1 Å². The lowest BCUT2D eigenvalue weighted by Crippen LogP contribution is -2.42. The predicted octanol–water partition coefficient (Wildman–Crippen LogP) is 2.24. The summed E-state index contributed by atoms with van der Waals surface area (Å²) in [5.41, 5.74) is 1.23.